The van der Waals surface area contributed by atoms with E-state index in [2.05, 4.69) is 16.2 Å². The Kier molecular flexibility index (Phi) is 2.61. The van der Waals surface area contributed by atoms with Crippen molar-refractivity contribution in [1.29, 1.82) is 0 Å². The zero-order chi connectivity index (χ0) is 7.23. The minimum absolute atomic E-state index is 0.0265. The average Bonchev–Trinajstić information content (AvgIpc) is 2.03. The third-order valence-corrected chi connectivity index (χ3v) is 0.826. The number of alkyl halides is 1. The molecule has 1 radical (unpaired) electrons. The molecule has 0 aromatic carbocycles. The first-order chi connectivity index (χ1) is 4.93. The van der Waals surface area contributed by atoms with E-state index in [4.69, 9.17) is 4.74 Å². The van der Waals surface area contributed by atoms with Crippen molar-refractivity contribution in [1.82, 2.24) is 9.97 Å². The molecule has 1 heterocycles. The van der Waals surface area contributed by atoms with E-state index < -0.39 is 6.67 Å². The second kappa shape index (κ2) is 3.76. The minimum Gasteiger partial charge on any atom is -0.474 e. The van der Waals surface area contributed by atoms with E-state index in [0.29, 0.717) is 5.88 Å². The van der Waals surface area contributed by atoms with E-state index in [9.17, 15) is 4.39 Å². The van der Waals surface area contributed by atoms with E-state index in [0.717, 1.165) is 0 Å². The van der Waals surface area contributed by atoms with Gasteiger partial charge in [0.2, 0.25) is 5.88 Å². The molecule has 0 spiro atoms. The van der Waals surface area contributed by atoms with Gasteiger partial charge in [0.25, 0.3) is 0 Å². The molecular formula is C6H6FN2O. The molecule has 1 aromatic rings. The highest BCUT2D eigenvalue weighted by Crippen LogP contribution is 1.98. The molecule has 3 nitrogen and oxygen atoms in total. The maximum atomic E-state index is 11.5. The molecule has 0 saturated heterocycles. The van der Waals surface area contributed by atoms with Crippen molar-refractivity contribution in [2.45, 2.75) is 0 Å². The van der Waals surface area contributed by atoms with Crippen LogP contribution in [0.1, 0.15) is 0 Å². The summed E-state index contributed by atoms with van der Waals surface area (Å²) in [6.07, 6.45) is 5.23. The smallest absolute Gasteiger partial charge is 0.232 e. The number of nitrogens with zero attached hydrogens (tertiary/aromatic N) is 2. The van der Waals surface area contributed by atoms with Gasteiger partial charge in [-0.15, -0.1) is 0 Å². The average molecular weight is 141 g/mol. The highest BCUT2D eigenvalue weighted by atomic mass is 19.1. The fourth-order valence-electron chi connectivity index (χ4n) is 0.469. The van der Waals surface area contributed by atoms with Gasteiger partial charge in [0.15, 0.2) is 0 Å². The number of halogens is 1. The molecule has 0 amide bonds. The number of rotatable bonds is 3. The molecular weight excluding hydrogens is 135 g/mol. The van der Waals surface area contributed by atoms with Crippen LogP contribution in [-0.2, 0) is 0 Å². The van der Waals surface area contributed by atoms with Crippen LogP contribution in [0, 0.1) is 6.20 Å². The molecule has 4 heteroatoms. The lowest BCUT2D eigenvalue weighted by Gasteiger charge is -1.98. The summed E-state index contributed by atoms with van der Waals surface area (Å²) in [5.74, 6) is 0.330. The Morgan fingerprint density at radius 2 is 2.60 bits per heavy atom. The molecule has 0 bridgehead atoms. The zero-order valence-electron chi connectivity index (χ0n) is 5.25. The first-order valence-corrected chi connectivity index (χ1v) is 2.80. The molecule has 1 aromatic heterocycles. The number of ether oxygens (including phenoxy) is 1. The number of aromatic nitrogens is 2. The first-order valence-electron chi connectivity index (χ1n) is 2.80. The molecule has 10 heavy (non-hydrogen) atoms. The topological polar surface area (TPSA) is 35.0 Å². The summed E-state index contributed by atoms with van der Waals surface area (Å²) in [5, 5.41) is 0. The summed E-state index contributed by atoms with van der Waals surface area (Å²) in [7, 11) is 0. The van der Waals surface area contributed by atoms with E-state index in [-0.39, 0.29) is 6.61 Å². The highest BCUT2D eigenvalue weighted by molar-refractivity contribution is 5.00. The van der Waals surface area contributed by atoms with E-state index in [1.165, 1.54) is 12.4 Å². The SMILES string of the molecule is FCCOc1cn[c]cn1. The molecule has 1 rings (SSSR count). The number of hydrogen-bond acceptors (Lipinski definition) is 3. The monoisotopic (exact) mass is 141 g/mol. The van der Waals surface area contributed by atoms with Gasteiger partial charge in [0.05, 0.1) is 12.4 Å². The molecule has 0 N–H and O–H groups in total. The van der Waals surface area contributed by atoms with Crippen LogP contribution in [0.2, 0.25) is 0 Å². The summed E-state index contributed by atoms with van der Waals surface area (Å²) in [5.41, 5.74) is 0. The lowest BCUT2D eigenvalue weighted by atomic mass is 10.7. The Bertz CT molecular complexity index is 180. The van der Waals surface area contributed by atoms with Gasteiger partial charge in [-0.25, -0.2) is 14.4 Å². The van der Waals surface area contributed by atoms with E-state index >= 15 is 0 Å². The van der Waals surface area contributed by atoms with Gasteiger partial charge in [0, 0.05) is 0 Å². The fourth-order valence-corrected chi connectivity index (χ4v) is 0.469. The van der Waals surface area contributed by atoms with Crippen LogP contribution in [0.25, 0.3) is 0 Å². The van der Waals surface area contributed by atoms with Crippen LogP contribution in [0.3, 0.4) is 0 Å². The summed E-state index contributed by atoms with van der Waals surface area (Å²) in [4.78, 5) is 7.31. The van der Waals surface area contributed by atoms with Crippen molar-refractivity contribution >= 4 is 0 Å². The van der Waals surface area contributed by atoms with E-state index in [1.54, 1.807) is 0 Å². The predicted octanol–water partition coefficient (Wildman–Crippen LogP) is 0.625. The molecule has 0 unspecified atom stereocenters. The molecule has 0 saturated carbocycles. The maximum absolute atomic E-state index is 11.5. The second-order valence-corrected chi connectivity index (χ2v) is 1.52. The predicted molar refractivity (Wildman–Crippen MR) is 32.3 cm³/mol. The third-order valence-electron chi connectivity index (χ3n) is 0.826. The minimum atomic E-state index is -0.514. The van der Waals surface area contributed by atoms with Crippen molar-refractivity contribution < 1.29 is 9.13 Å². The van der Waals surface area contributed by atoms with Crippen molar-refractivity contribution in [3.05, 3.63) is 18.6 Å². The molecule has 0 aliphatic rings. The summed E-state index contributed by atoms with van der Waals surface area (Å²) < 4.78 is 16.3. The van der Waals surface area contributed by atoms with Gasteiger partial charge in [-0.3, -0.25) is 0 Å². The van der Waals surface area contributed by atoms with Crippen molar-refractivity contribution in [3.63, 3.8) is 0 Å². The van der Waals surface area contributed by atoms with E-state index in [1.807, 2.05) is 0 Å². The van der Waals surface area contributed by atoms with Gasteiger partial charge in [-0.2, -0.15) is 0 Å². The lowest BCUT2D eigenvalue weighted by molar-refractivity contribution is 0.263. The quantitative estimate of drug-likeness (QED) is 0.619. The van der Waals surface area contributed by atoms with Gasteiger partial charge >= 0.3 is 0 Å². The van der Waals surface area contributed by atoms with Crippen LogP contribution in [-0.4, -0.2) is 23.2 Å². The number of hydrogen-bond donors (Lipinski definition) is 0. The highest BCUT2D eigenvalue weighted by Gasteiger charge is 1.90. The Labute approximate surface area is 57.9 Å². The largest absolute Gasteiger partial charge is 0.474 e. The molecule has 0 aliphatic heterocycles. The van der Waals surface area contributed by atoms with Crippen molar-refractivity contribution in [2.24, 2.45) is 0 Å². The van der Waals surface area contributed by atoms with Crippen LogP contribution >= 0.6 is 0 Å². The molecule has 0 aliphatic carbocycles. The summed E-state index contributed by atoms with van der Waals surface area (Å²) in [6.45, 7) is -0.487. The normalized spacial score (nSPS) is 9.30. The van der Waals surface area contributed by atoms with Gasteiger partial charge < -0.3 is 4.74 Å². The van der Waals surface area contributed by atoms with Crippen LogP contribution in [0.4, 0.5) is 4.39 Å². The first kappa shape index (κ1) is 6.92. The Balaban J connectivity index is 2.43. The Hall–Kier alpha value is -1.19. The maximum Gasteiger partial charge on any atom is 0.232 e. The van der Waals surface area contributed by atoms with Crippen LogP contribution < -0.4 is 4.74 Å². The Morgan fingerprint density at radius 3 is 3.20 bits per heavy atom. The lowest BCUT2D eigenvalue weighted by Crippen LogP contribution is -2.00. The fraction of sp³-hybridized carbons (Fsp3) is 0.333. The van der Waals surface area contributed by atoms with Crippen molar-refractivity contribution in [2.75, 3.05) is 13.3 Å². The third kappa shape index (κ3) is 1.97. The summed E-state index contributed by atoms with van der Waals surface area (Å²) in [6, 6.07) is 0. The van der Waals surface area contributed by atoms with Gasteiger partial charge in [-0.05, 0) is 0 Å². The zero-order valence-corrected chi connectivity index (χ0v) is 5.25. The molecule has 53 valence electrons. The van der Waals surface area contributed by atoms with Gasteiger partial charge in [-0.1, -0.05) is 0 Å². The second-order valence-electron chi connectivity index (χ2n) is 1.52. The van der Waals surface area contributed by atoms with Crippen molar-refractivity contribution in [3.8, 4) is 5.88 Å². The van der Waals surface area contributed by atoms with Crippen LogP contribution in [0.15, 0.2) is 12.4 Å². The summed E-state index contributed by atoms with van der Waals surface area (Å²) >= 11 is 0. The standard InChI is InChI=1S/C6H6FN2O/c7-1-4-10-6-5-8-2-3-9-6/h3,5H,1,4H2. The Morgan fingerprint density at radius 1 is 1.70 bits per heavy atom. The molecule has 0 fully saturated rings. The molecule has 0 atom stereocenters. The van der Waals surface area contributed by atoms with Crippen LogP contribution in [0.5, 0.6) is 5.88 Å². The van der Waals surface area contributed by atoms with Gasteiger partial charge in [0.1, 0.15) is 19.5 Å².